The largest absolute Gasteiger partial charge is 0.480 e. The number of alkyl halides is 2. The van der Waals surface area contributed by atoms with E-state index in [0.29, 0.717) is 33.2 Å². The number of halogens is 3. The van der Waals surface area contributed by atoms with Crippen LogP contribution in [0.5, 0.6) is 0 Å². The fraction of sp³-hybridized carbons (Fsp3) is 0.238. The summed E-state index contributed by atoms with van der Waals surface area (Å²) < 4.78 is 41.0. The molecule has 1 heterocycles. The smallest absolute Gasteiger partial charge is 0.333 e. The summed E-state index contributed by atoms with van der Waals surface area (Å²) in [6.45, 7) is -1.20. The summed E-state index contributed by atoms with van der Waals surface area (Å²) in [7, 11) is 0. The maximum absolute atomic E-state index is 14.1. The van der Waals surface area contributed by atoms with Gasteiger partial charge in [0.2, 0.25) is 0 Å². The first-order valence-corrected chi connectivity index (χ1v) is 8.80. The zero-order chi connectivity index (χ0) is 20.1. The van der Waals surface area contributed by atoms with E-state index in [1.165, 1.54) is 18.3 Å². The quantitative estimate of drug-likeness (QED) is 0.680. The Balaban J connectivity index is 1.84. The Morgan fingerprint density at radius 1 is 1.29 bits per heavy atom. The Hall–Kier alpha value is -3.09. The van der Waals surface area contributed by atoms with Gasteiger partial charge in [-0.1, -0.05) is 30.3 Å². The van der Waals surface area contributed by atoms with E-state index in [-0.39, 0.29) is 11.9 Å². The second-order valence-electron chi connectivity index (χ2n) is 7.00. The molecule has 28 heavy (non-hydrogen) atoms. The van der Waals surface area contributed by atoms with Crippen LogP contribution in [0, 0.1) is 12.7 Å². The molecule has 0 radical (unpaired) electrons. The minimum Gasteiger partial charge on any atom is -0.480 e. The first kappa shape index (κ1) is 18.3. The van der Waals surface area contributed by atoms with Crippen molar-refractivity contribution in [3.8, 4) is 0 Å². The Morgan fingerprint density at radius 2 is 2.07 bits per heavy atom. The van der Waals surface area contributed by atoms with Crippen LogP contribution in [0.3, 0.4) is 0 Å². The second-order valence-corrected chi connectivity index (χ2v) is 7.00. The molecule has 0 aliphatic heterocycles. The summed E-state index contributed by atoms with van der Waals surface area (Å²) in [4.78, 5) is 12.2. The molecule has 1 aromatic heterocycles. The maximum Gasteiger partial charge on any atom is 0.333 e. The van der Waals surface area contributed by atoms with Crippen LogP contribution in [-0.4, -0.2) is 20.9 Å². The van der Waals surface area contributed by atoms with Gasteiger partial charge in [0.1, 0.15) is 11.2 Å². The highest BCUT2D eigenvalue weighted by Crippen LogP contribution is 2.45. The lowest BCUT2D eigenvalue weighted by molar-refractivity contribution is -0.141. The Bertz CT molecular complexity index is 1120. The summed E-state index contributed by atoms with van der Waals surface area (Å²) in [5.74, 6) is -1.52. The van der Waals surface area contributed by atoms with E-state index in [1.807, 2.05) is 0 Å². The van der Waals surface area contributed by atoms with Crippen molar-refractivity contribution in [3.63, 3.8) is 0 Å². The number of carboxylic acid groups (broad SMARTS) is 1. The van der Waals surface area contributed by atoms with Crippen LogP contribution >= 0.6 is 0 Å². The molecule has 2 aromatic carbocycles. The SMILES string of the molecule is Cc1c(F)cccc1[C@@]1(C(=O)O)C=C(c2ccc3cnn(C(F)F)c3c2)CC1. The molecule has 0 saturated carbocycles. The minimum atomic E-state index is -2.77. The van der Waals surface area contributed by atoms with Crippen LogP contribution in [0.15, 0.2) is 48.7 Å². The average Bonchev–Trinajstić information content (AvgIpc) is 3.28. The van der Waals surface area contributed by atoms with E-state index in [2.05, 4.69) is 5.10 Å². The lowest BCUT2D eigenvalue weighted by atomic mass is 9.78. The summed E-state index contributed by atoms with van der Waals surface area (Å²) in [6, 6.07) is 9.47. The van der Waals surface area contributed by atoms with Crippen LogP contribution in [-0.2, 0) is 10.2 Å². The van der Waals surface area contributed by atoms with E-state index < -0.39 is 23.8 Å². The standard InChI is InChI=1S/C21H17F3N2O2/c1-12-16(3-2-4-17(12)22)21(19(27)28)8-7-14(10-21)13-5-6-15-11-25-26(20(23)24)18(15)9-13/h2-6,9-11,20H,7-8H2,1H3,(H,27,28)/t21-/m0/s1. The number of benzene rings is 2. The van der Waals surface area contributed by atoms with Gasteiger partial charge in [-0.25, -0.2) is 9.07 Å². The van der Waals surface area contributed by atoms with Gasteiger partial charge < -0.3 is 5.11 Å². The number of allylic oxidation sites excluding steroid dienone is 1. The van der Waals surface area contributed by atoms with E-state index in [4.69, 9.17) is 0 Å². The van der Waals surface area contributed by atoms with Gasteiger partial charge in [0, 0.05) is 5.39 Å². The fourth-order valence-corrected chi connectivity index (χ4v) is 3.98. The molecule has 4 rings (SSSR count). The van der Waals surface area contributed by atoms with Crippen LogP contribution in [0.4, 0.5) is 13.2 Å². The molecule has 1 atom stereocenters. The molecule has 0 amide bonds. The van der Waals surface area contributed by atoms with Crippen molar-refractivity contribution >= 4 is 22.4 Å². The van der Waals surface area contributed by atoms with Gasteiger partial charge >= 0.3 is 12.5 Å². The highest BCUT2D eigenvalue weighted by molar-refractivity contribution is 5.91. The molecular formula is C21H17F3N2O2. The zero-order valence-electron chi connectivity index (χ0n) is 15.0. The van der Waals surface area contributed by atoms with Crippen LogP contribution in [0.1, 0.15) is 36.1 Å². The summed E-state index contributed by atoms with van der Waals surface area (Å²) in [5.41, 5.74) is 1.03. The van der Waals surface area contributed by atoms with Crippen molar-refractivity contribution in [1.29, 1.82) is 0 Å². The molecule has 7 heteroatoms. The van der Waals surface area contributed by atoms with Crippen molar-refractivity contribution in [2.75, 3.05) is 0 Å². The van der Waals surface area contributed by atoms with Gasteiger partial charge in [-0.2, -0.15) is 13.9 Å². The van der Waals surface area contributed by atoms with Crippen molar-refractivity contribution in [1.82, 2.24) is 9.78 Å². The number of carbonyl (C=O) groups is 1. The monoisotopic (exact) mass is 386 g/mol. The van der Waals surface area contributed by atoms with E-state index >= 15 is 0 Å². The lowest BCUT2D eigenvalue weighted by Crippen LogP contribution is -2.32. The van der Waals surface area contributed by atoms with Crippen LogP contribution in [0.2, 0.25) is 0 Å². The molecule has 1 aliphatic carbocycles. The molecule has 0 fully saturated rings. The van der Waals surface area contributed by atoms with E-state index in [9.17, 15) is 23.1 Å². The third kappa shape index (κ3) is 2.69. The third-order valence-electron chi connectivity index (χ3n) is 5.49. The molecule has 1 aliphatic rings. The van der Waals surface area contributed by atoms with Gasteiger partial charge in [0.05, 0.1) is 11.7 Å². The van der Waals surface area contributed by atoms with Gasteiger partial charge in [0.25, 0.3) is 0 Å². The molecule has 1 N–H and O–H groups in total. The molecule has 3 aromatic rings. The van der Waals surface area contributed by atoms with Crippen LogP contribution in [0.25, 0.3) is 16.5 Å². The van der Waals surface area contributed by atoms with Gasteiger partial charge in [0.15, 0.2) is 0 Å². The summed E-state index contributed by atoms with van der Waals surface area (Å²) in [5, 5.41) is 14.2. The van der Waals surface area contributed by atoms with Gasteiger partial charge in [-0.05, 0) is 54.2 Å². The Labute approximate surface area is 158 Å². The number of carboxylic acids is 1. The molecule has 144 valence electrons. The predicted molar refractivity (Wildman–Crippen MR) is 98.6 cm³/mol. The summed E-state index contributed by atoms with van der Waals surface area (Å²) in [6.07, 6.45) is 3.71. The first-order chi connectivity index (χ1) is 13.3. The first-order valence-electron chi connectivity index (χ1n) is 8.80. The number of aliphatic carboxylic acids is 1. The van der Waals surface area contributed by atoms with Crippen molar-refractivity contribution in [2.45, 2.75) is 31.7 Å². The second kappa shape index (κ2) is 6.51. The predicted octanol–water partition coefficient (Wildman–Crippen LogP) is 5.08. The maximum atomic E-state index is 14.1. The lowest BCUT2D eigenvalue weighted by Gasteiger charge is -2.24. The van der Waals surface area contributed by atoms with E-state index in [0.717, 1.165) is 5.57 Å². The van der Waals surface area contributed by atoms with E-state index in [1.54, 1.807) is 37.3 Å². The zero-order valence-corrected chi connectivity index (χ0v) is 15.0. The number of aromatic nitrogens is 2. The number of fused-ring (bicyclic) bond motifs is 1. The average molecular weight is 386 g/mol. The highest BCUT2D eigenvalue weighted by atomic mass is 19.3. The van der Waals surface area contributed by atoms with Crippen molar-refractivity contribution in [3.05, 3.63) is 71.2 Å². The van der Waals surface area contributed by atoms with Gasteiger partial charge in [-0.3, -0.25) is 4.79 Å². The molecule has 0 bridgehead atoms. The fourth-order valence-electron chi connectivity index (χ4n) is 3.98. The molecule has 4 nitrogen and oxygen atoms in total. The molecule has 0 unspecified atom stereocenters. The number of hydrogen-bond donors (Lipinski definition) is 1. The topological polar surface area (TPSA) is 55.1 Å². The number of rotatable bonds is 4. The highest BCUT2D eigenvalue weighted by Gasteiger charge is 2.43. The van der Waals surface area contributed by atoms with Crippen molar-refractivity contribution in [2.24, 2.45) is 0 Å². The third-order valence-corrected chi connectivity index (χ3v) is 5.49. The number of hydrogen-bond acceptors (Lipinski definition) is 2. The Kier molecular flexibility index (Phi) is 4.25. The molecule has 0 saturated heterocycles. The number of nitrogens with zero attached hydrogens (tertiary/aromatic N) is 2. The van der Waals surface area contributed by atoms with Gasteiger partial charge in [-0.15, -0.1) is 0 Å². The molecular weight excluding hydrogens is 369 g/mol. The normalized spacial score (nSPS) is 19.4. The van der Waals surface area contributed by atoms with Crippen molar-refractivity contribution < 1.29 is 23.1 Å². The van der Waals surface area contributed by atoms with Crippen LogP contribution < -0.4 is 0 Å². The molecule has 0 spiro atoms. The summed E-state index contributed by atoms with van der Waals surface area (Å²) >= 11 is 0. The minimum absolute atomic E-state index is 0.272. The Morgan fingerprint density at radius 3 is 2.79 bits per heavy atom.